The fraction of sp³-hybridized carbons (Fsp3) is 0.429. The molecule has 15 heavy (non-hydrogen) atoms. The molecule has 0 aromatic rings. The highest BCUT2D eigenvalue weighted by Crippen LogP contribution is 2.16. The summed E-state index contributed by atoms with van der Waals surface area (Å²) in [5.74, 6) is 2.27. The molecule has 0 fully saturated rings. The molecule has 0 unspecified atom stereocenters. The molecule has 0 amide bonds. The topological polar surface area (TPSA) is 0 Å². The lowest BCUT2D eigenvalue weighted by Crippen LogP contribution is -1.90. The van der Waals surface area contributed by atoms with E-state index < -0.39 is 0 Å². The van der Waals surface area contributed by atoms with Crippen LogP contribution < -0.4 is 0 Å². The highest BCUT2D eigenvalue weighted by Gasteiger charge is 1.97. The number of unbranched alkanes of at least 4 members (excludes halogenated alkanes) is 1. The molecule has 0 heterocycles. The van der Waals surface area contributed by atoms with Gasteiger partial charge in [-0.15, -0.1) is 13.2 Å². The van der Waals surface area contributed by atoms with Crippen molar-refractivity contribution in [3.8, 4) is 0 Å². The molecule has 0 spiro atoms. The minimum atomic E-state index is 1.03. The summed E-state index contributed by atoms with van der Waals surface area (Å²) in [7, 11) is 0. The van der Waals surface area contributed by atoms with Crippen LogP contribution in [0.3, 0.4) is 0 Å². The van der Waals surface area contributed by atoms with Gasteiger partial charge in [-0.1, -0.05) is 38.7 Å². The Bertz CT molecular complexity index is 201. The maximum absolute atomic E-state index is 4.03. The van der Waals surface area contributed by atoms with Crippen molar-refractivity contribution in [3.05, 3.63) is 49.6 Å². The van der Waals surface area contributed by atoms with Crippen molar-refractivity contribution in [1.29, 1.82) is 0 Å². The number of hydrogen-bond acceptors (Lipinski definition) is 1. The summed E-state index contributed by atoms with van der Waals surface area (Å²) in [6.45, 7) is 18.0. The summed E-state index contributed by atoms with van der Waals surface area (Å²) in [4.78, 5) is 0. The first-order chi connectivity index (χ1) is 7.26. The standard InChI is InChI=1S/C12H20S.C2H4/c1-5-8-9-13-10-11(4)12(6-2)7-3;1-2/h6-7H,2,4-5,8-10H2,1,3H3;1-2H2/b12-7+;. The summed E-state index contributed by atoms with van der Waals surface area (Å²) < 4.78 is 0. The highest BCUT2D eigenvalue weighted by molar-refractivity contribution is 7.99. The summed E-state index contributed by atoms with van der Waals surface area (Å²) in [6.07, 6.45) is 6.52. The van der Waals surface area contributed by atoms with Crippen molar-refractivity contribution >= 4 is 11.8 Å². The average molecular weight is 224 g/mol. The van der Waals surface area contributed by atoms with Gasteiger partial charge in [-0.3, -0.25) is 0 Å². The van der Waals surface area contributed by atoms with Gasteiger partial charge in [0.25, 0.3) is 0 Å². The molecule has 0 bridgehead atoms. The number of allylic oxidation sites excluding steroid dienone is 3. The van der Waals surface area contributed by atoms with Crippen molar-refractivity contribution in [2.45, 2.75) is 26.7 Å². The second-order valence-electron chi connectivity index (χ2n) is 2.96. The molecular weight excluding hydrogens is 200 g/mol. The summed E-state index contributed by atoms with van der Waals surface area (Å²) in [6, 6.07) is 0. The van der Waals surface area contributed by atoms with Gasteiger partial charge in [0.05, 0.1) is 0 Å². The SMILES string of the molecule is C=C.C=C/C(=C\C)C(=C)CSCCCC. The largest absolute Gasteiger partial charge is 0.157 e. The van der Waals surface area contributed by atoms with Crippen molar-refractivity contribution in [1.82, 2.24) is 0 Å². The van der Waals surface area contributed by atoms with Gasteiger partial charge in [0.15, 0.2) is 0 Å². The van der Waals surface area contributed by atoms with Crippen LogP contribution in [0, 0.1) is 0 Å². The van der Waals surface area contributed by atoms with E-state index in [1.807, 2.05) is 24.8 Å². The van der Waals surface area contributed by atoms with Crippen LogP contribution in [0.5, 0.6) is 0 Å². The Morgan fingerprint density at radius 3 is 2.33 bits per heavy atom. The van der Waals surface area contributed by atoms with Crippen LogP contribution in [0.4, 0.5) is 0 Å². The van der Waals surface area contributed by atoms with Gasteiger partial charge >= 0.3 is 0 Å². The van der Waals surface area contributed by atoms with Gasteiger partial charge in [0, 0.05) is 5.75 Å². The first kappa shape index (κ1) is 16.7. The molecule has 0 nitrogen and oxygen atoms in total. The van der Waals surface area contributed by atoms with Crippen molar-refractivity contribution in [2.24, 2.45) is 0 Å². The Morgan fingerprint density at radius 2 is 1.93 bits per heavy atom. The third kappa shape index (κ3) is 9.61. The van der Waals surface area contributed by atoms with E-state index in [1.165, 1.54) is 29.7 Å². The number of rotatable bonds is 7. The Kier molecular flexibility index (Phi) is 14.8. The zero-order valence-corrected chi connectivity index (χ0v) is 11.0. The van der Waals surface area contributed by atoms with Crippen LogP contribution >= 0.6 is 11.8 Å². The van der Waals surface area contributed by atoms with Gasteiger partial charge in [-0.25, -0.2) is 0 Å². The molecule has 0 aromatic heterocycles. The lowest BCUT2D eigenvalue weighted by atomic mass is 10.1. The normalized spacial score (nSPS) is 10.1. The van der Waals surface area contributed by atoms with Gasteiger partial charge in [0.2, 0.25) is 0 Å². The van der Waals surface area contributed by atoms with Crippen LogP contribution in [-0.2, 0) is 0 Å². The Hall–Kier alpha value is -0.690. The van der Waals surface area contributed by atoms with Crippen LogP contribution in [0.15, 0.2) is 49.6 Å². The molecule has 1 heteroatoms. The van der Waals surface area contributed by atoms with E-state index in [0.717, 1.165) is 5.75 Å². The molecule has 0 atom stereocenters. The van der Waals surface area contributed by atoms with E-state index in [4.69, 9.17) is 0 Å². The third-order valence-corrected chi connectivity index (χ3v) is 2.99. The lowest BCUT2D eigenvalue weighted by molar-refractivity contribution is 0.896. The van der Waals surface area contributed by atoms with E-state index in [2.05, 4.69) is 39.3 Å². The molecule has 0 radical (unpaired) electrons. The second-order valence-corrected chi connectivity index (χ2v) is 4.06. The maximum atomic E-state index is 4.03. The van der Waals surface area contributed by atoms with Crippen LogP contribution in [-0.4, -0.2) is 11.5 Å². The minimum absolute atomic E-state index is 1.03. The minimum Gasteiger partial charge on any atom is -0.157 e. The first-order valence-electron chi connectivity index (χ1n) is 5.30. The quantitative estimate of drug-likeness (QED) is 0.333. The third-order valence-electron chi connectivity index (χ3n) is 1.86. The summed E-state index contributed by atoms with van der Waals surface area (Å²) in [5.41, 5.74) is 2.38. The predicted octanol–water partition coefficient (Wildman–Crippen LogP) is 5.01. The average Bonchev–Trinajstić information content (AvgIpc) is 2.29. The van der Waals surface area contributed by atoms with Gasteiger partial charge in [-0.05, 0) is 30.2 Å². The van der Waals surface area contributed by atoms with Crippen LogP contribution in [0.2, 0.25) is 0 Å². The van der Waals surface area contributed by atoms with E-state index in [-0.39, 0.29) is 0 Å². The van der Waals surface area contributed by atoms with Crippen molar-refractivity contribution < 1.29 is 0 Å². The molecular formula is C14H24S. The van der Waals surface area contributed by atoms with E-state index in [9.17, 15) is 0 Å². The van der Waals surface area contributed by atoms with E-state index >= 15 is 0 Å². The van der Waals surface area contributed by atoms with Gasteiger partial charge in [-0.2, -0.15) is 11.8 Å². The monoisotopic (exact) mass is 224 g/mol. The smallest absolute Gasteiger partial charge is 0.0184 e. The van der Waals surface area contributed by atoms with E-state index in [0.29, 0.717) is 0 Å². The zero-order valence-electron chi connectivity index (χ0n) is 10.2. The Balaban J connectivity index is 0. The van der Waals surface area contributed by atoms with Crippen molar-refractivity contribution in [2.75, 3.05) is 11.5 Å². The molecule has 86 valence electrons. The summed E-state index contributed by atoms with van der Waals surface area (Å²) in [5, 5.41) is 0. The highest BCUT2D eigenvalue weighted by atomic mass is 32.2. The molecule has 0 aromatic carbocycles. The maximum Gasteiger partial charge on any atom is 0.0184 e. The number of thioether (sulfide) groups is 1. The summed E-state index contributed by atoms with van der Waals surface area (Å²) >= 11 is 1.96. The fourth-order valence-electron chi connectivity index (χ4n) is 0.991. The van der Waals surface area contributed by atoms with Gasteiger partial charge < -0.3 is 0 Å². The molecule has 0 aliphatic heterocycles. The van der Waals surface area contributed by atoms with Crippen molar-refractivity contribution in [3.63, 3.8) is 0 Å². The van der Waals surface area contributed by atoms with E-state index in [1.54, 1.807) is 0 Å². The number of hydrogen-bond donors (Lipinski definition) is 0. The molecule has 0 aliphatic carbocycles. The fourth-order valence-corrected chi connectivity index (χ4v) is 2.04. The molecule has 0 saturated heterocycles. The zero-order chi connectivity index (χ0) is 12.1. The van der Waals surface area contributed by atoms with Crippen LogP contribution in [0.25, 0.3) is 0 Å². The lowest BCUT2D eigenvalue weighted by Gasteiger charge is -2.05. The molecule has 0 aliphatic rings. The molecule has 0 rings (SSSR count). The van der Waals surface area contributed by atoms with Crippen LogP contribution in [0.1, 0.15) is 26.7 Å². The molecule has 0 N–H and O–H groups in total. The Morgan fingerprint density at radius 1 is 1.33 bits per heavy atom. The first-order valence-corrected chi connectivity index (χ1v) is 6.46. The predicted molar refractivity (Wildman–Crippen MR) is 76.6 cm³/mol. The van der Waals surface area contributed by atoms with Gasteiger partial charge in [0.1, 0.15) is 0 Å². The molecule has 0 saturated carbocycles. The Labute approximate surface area is 99.9 Å². The second kappa shape index (κ2) is 13.3.